The van der Waals surface area contributed by atoms with Gasteiger partial charge in [-0.05, 0) is 40.2 Å². The van der Waals surface area contributed by atoms with Crippen molar-refractivity contribution in [3.63, 3.8) is 0 Å². The van der Waals surface area contributed by atoms with Gasteiger partial charge in [-0.25, -0.2) is 4.98 Å². The van der Waals surface area contributed by atoms with Gasteiger partial charge in [-0.1, -0.05) is 13.0 Å². The number of halogens is 1. The van der Waals surface area contributed by atoms with E-state index in [2.05, 4.69) is 45.3 Å². The zero-order valence-electron chi connectivity index (χ0n) is 10.1. The monoisotopic (exact) mass is 326 g/mol. The van der Waals surface area contributed by atoms with Crippen LogP contribution < -0.4 is 10.1 Å². The Labute approximate surface area is 119 Å². The fourth-order valence-electron chi connectivity index (χ4n) is 1.50. The summed E-state index contributed by atoms with van der Waals surface area (Å²) in [4.78, 5) is 4.19. The molecule has 3 nitrogen and oxygen atoms in total. The summed E-state index contributed by atoms with van der Waals surface area (Å²) in [6, 6.07) is 6.14. The number of benzene rings is 1. The Morgan fingerprint density at radius 2 is 2.33 bits per heavy atom. The van der Waals surface area contributed by atoms with Crippen molar-refractivity contribution in [1.82, 2.24) is 10.3 Å². The highest BCUT2D eigenvalue weighted by Crippen LogP contribution is 2.26. The van der Waals surface area contributed by atoms with Crippen LogP contribution in [0.5, 0.6) is 5.75 Å². The molecule has 96 valence electrons. The summed E-state index contributed by atoms with van der Waals surface area (Å²) in [5, 5.41) is 5.29. The molecule has 0 fully saturated rings. The predicted octanol–water partition coefficient (Wildman–Crippen LogP) is 3.59. The molecule has 2 rings (SSSR count). The molecular weight excluding hydrogens is 312 g/mol. The number of hydrogen-bond acceptors (Lipinski definition) is 4. The summed E-state index contributed by atoms with van der Waals surface area (Å²) < 4.78 is 6.70. The fourth-order valence-corrected chi connectivity index (χ4v) is 2.58. The third-order valence-corrected chi connectivity index (χ3v) is 3.69. The first-order valence-electron chi connectivity index (χ1n) is 5.78. The van der Waals surface area contributed by atoms with Crippen LogP contribution in [0.1, 0.15) is 18.2 Å². The number of nitrogens with one attached hydrogen (secondary N) is 1. The van der Waals surface area contributed by atoms with Crippen molar-refractivity contribution >= 4 is 27.3 Å². The quantitative estimate of drug-likeness (QED) is 0.880. The summed E-state index contributed by atoms with van der Waals surface area (Å²) in [6.07, 6.45) is 0. The SMILES string of the molecule is CCNCc1ccc(OCc2cscn2)c(Br)c1. The normalized spacial score (nSPS) is 10.6. The summed E-state index contributed by atoms with van der Waals surface area (Å²) >= 11 is 5.11. The van der Waals surface area contributed by atoms with Crippen molar-refractivity contribution in [2.75, 3.05) is 6.54 Å². The van der Waals surface area contributed by atoms with Crippen LogP contribution in [0.4, 0.5) is 0 Å². The molecule has 1 heterocycles. The van der Waals surface area contributed by atoms with Crippen molar-refractivity contribution < 1.29 is 4.74 Å². The molecule has 0 spiro atoms. The molecule has 0 atom stereocenters. The summed E-state index contributed by atoms with van der Waals surface area (Å²) in [7, 11) is 0. The Kier molecular flexibility index (Phi) is 5.16. The molecule has 0 aliphatic carbocycles. The first kappa shape index (κ1) is 13.5. The van der Waals surface area contributed by atoms with Crippen LogP contribution in [-0.2, 0) is 13.2 Å². The van der Waals surface area contributed by atoms with E-state index in [4.69, 9.17) is 4.74 Å². The lowest BCUT2D eigenvalue weighted by molar-refractivity contribution is 0.300. The standard InChI is InChI=1S/C13H15BrN2OS/c1-2-15-6-10-3-4-13(12(14)5-10)17-7-11-8-18-9-16-11/h3-5,8-9,15H,2,6-7H2,1H3. The van der Waals surface area contributed by atoms with Crippen molar-refractivity contribution in [2.45, 2.75) is 20.1 Å². The van der Waals surface area contributed by atoms with Crippen LogP contribution in [0.2, 0.25) is 0 Å². The lowest BCUT2D eigenvalue weighted by Crippen LogP contribution is -2.11. The summed E-state index contributed by atoms with van der Waals surface area (Å²) in [5.74, 6) is 0.850. The molecule has 0 amide bonds. The van der Waals surface area contributed by atoms with Gasteiger partial charge in [-0.3, -0.25) is 0 Å². The highest BCUT2D eigenvalue weighted by molar-refractivity contribution is 9.10. The third kappa shape index (κ3) is 3.80. The number of thiazole rings is 1. The minimum absolute atomic E-state index is 0.509. The molecule has 18 heavy (non-hydrogen) atoms. The van der Waals surface area contributed by atoms with Crippen LogP contribution in [0.3, 0.4) is 0 Å². The van der Waals surface area contributed by atoms with Crippen LogP contribution in [-0.4, -0.2) is 11.5 Å². The van der Waals surface area contributed by atoms with E-state index in [0.717, 1.165) is 29.0 Å². The smallest absolute Gasteiger partial charge is 0.134 e. The number of ether oxygens (including phenoxy) is 1. The lowest BCUT2D eigenvalue weighted by Gasteiger charge is -2.09. The number of rotatable bonds is 6. The lowest BCUT2D eigenvalue weighted by atomic mass is 10.2. The zero-order valence-corrected chi connectivity index (χ0v) is 12.6. The van der Waals surface area contributed by atoms with E-state index < -0.39 is 0 Å². The van der Waals surface area contributed by atoms with E-state index in [9.17, 15) is 0 Å². The van der Waals surface area contributed by atoms with Gasteiger partial charge in [-0.2, -0.15) is 0 Å². The van der Waals surface area contributed by atoms with Crippen molar-refractivity contribution in [3.8, 4) is 5.75 Å². The fraction of sp³-hybridized carbons (Fsp3) is 0.308. The highest BCUT2D eigenvalue weighted by atomic mass is 79.9. The van der Waals surface area contributed by atoms with Crippen LogP contribution in [0, 0.1) is 0 Å². The minimum atomic E-state index is 0.509. The van der Waals surface area contributed by atoms with Gasteiger partial charge in [0.25, 0.3) is 0 Å². The van der Waals surface area contributed by atoms with Gasteiger partial charge in [0.2, 0.25) is 0 Å². The highest BCUT2D eigenvalue weighted by Gasteiger charge is 2.04. The van der Waals surface area contributed by atoms with Crippen LogP contribution in [0.25, 0.3) is 0 Å². The average molecular weight is 327 g/mol. The third-order valence-electron chi connectivity index (χ3n) is 2.43. The Morgan fingerprint density at radius 1 is 1.44 bits per heavy atom. The second kappa shape index (κ2) is 6.87. The number of aromatic nitrogens is 1. The van der Waals surface area contributed by atoms with E-state index in [1.165, 1.54) is 5.56 Å². The van der Waals surface area contributed by atoms with Crippen LogP contribution >= 0.6 is 27.3 Å². The molecule has 1 aromatic carbocycles. The molecule has 0 aliphatic heterocycles. The van der Waals surface area contributed by atoms with E-state index >= 15 is 0 Å². The van der Waals surface area contributed by atoms with Gasteiger partial charge in [0.05, 0.1) is 15.7 Å². The zero-order chi connectivity index (χ0) is 12.8. The van der Waals surface area contributed by atoms with Gasteiger partial charge in [0.1, 0.15) is 12.4 Å². The second-order valence-corrected chi connectivity index (χ2v) is 5.39. The van der Waals surface area contributed by atoms with Gasteiger partial charge < -0.3 is 10.1 Å². The molecule has 0 saturated heterocycles. The Hall–Kier alpha value is -0.910. The minimum Gasteiger partial charge on any atom is -0.486 e. The molecule has 2 aromatic rings. The largest absolute Gasteiger partial charge is 0.486 e. The van der Waals surface area contributed by atoms with Gasteiger partial charge >= 0.3 is 0 Å². The first-order valence-corrected chi connectivity index (χ1v) is 7.52. The molecule has 0 aliphatic rings. The average Bonchev–Trinajstić information content (AvgIpc) is 2.88. The van der Waals surface area contributed by atoms with E-state index in [0.29, 0.717) is 6.61 Å². The molecule has 0 bridgehead atoms. The number of nitrogens with zero attached hydrogens (tertiary/aromatic N) is 1. The van der Waals surface area contributed by atoms with Gasteiger partial charge in [0, 0.05) is 11.9 Å². The molecule has 0 saturated carbocycles. The van der Waals surface area contributed by atoms with Crippen molar-refractivity contribution in [2.24, 2.45) is 0 Å². The first-order chi connectivity index (χ1) is 8.79. The molecule has 1 N–H and O–H groups in total. The van der Waals surface area contributed by atoms with Gasteiger partial charge in [0.15, 0.2) is 0 Å². The second-order valence-electron chi connectivity index (χ2n) is 3.81. The molecule has 0 radical (unpaired) electrons. The Balaban J connectivity index is 1.96. The molecule has 0 unspecified atom stereocenters. The van der Waals surface area contributed by atoms with Crippen molar-refractivity contribution in [3.05, 3.63) is 44.8 Å². The predicted molar refractivity (Wildman–Crippen MR) is 78.0 cm³/mol. The van der Waals surface area contributed by atoms with E-state index in [1.807, 2.05) is 17.0 Å². The summed E-state index contributed by atoms with van der Waals surface area (Å²) in [6.45, 7) is 4.45. The maximum atomic E-state index is 5.72. The maximum absolute atomic E-state index is 5.72. The Bertz CT molecular complexity index is 488. The maximum Gasteiger partial charge on any atom is 0.134 e. The van der Waals surface area contributed by atoms with Gasteiger partial charge in [-0.15, -0.1) is 11.3 Å². The Morgan fingerprint density at radius 3 is 3.00 bits per heavy atom. The van der Waals surface area contributed by atoms with Crippen LogP contribution in [0.15, 0.2) is 33.6 Å². The molecule has 1 aromatic heterocycles. The number of hydrogen-bond donors (Lipinski definition) is 1. The molecular formula is C13H15BrN2OS. The van der Waals surface area contributed by atoms with E-state index in [-0.39, 0.29) is 0 Å². The van der Waals surface area contributed by atoms with Crippen molar-refractivity contribution in [1.29, 1.82) is 0 Å². The molecule has 5 heteroatoms. The summed E-state index contributed by atoms with van der Waals surface area (Å²) in [5.41, 5.74) is 4.01. The topological polar surface area (TPSA) is 34.1 Å². The van der Waals surface area contributed by atoms with E-state index in [1.54, 1.807) is 11.3 Å².